The van der Waals surface area contributed by atoms with E-state index in [9.17, 15) is 0 Å². The first-order valence-corrected chi connectivity index (χ1v) is 9.92. The van der Waals surface area contributed by atoms with E-state index < -0.39 is 0 Å². The molecular weight excluding hydrogens is 461 g/mol. The Morgan fingerprint density at radius 1 is 1.27 bits per heavy atom. The van der Waals surface area contributed by atoms with E-state index >= 15 is 0 Å². The van der Waals surface area contributed by atoms with Crippen LogP contribution >= 0.6 is 35.3 Å². The van der Waals surface area contributed by atoms with E-state index in [1.165, 1.54) is 0 Å². The van der Waals surface area contributed by atoms with Crippen LogP contribution in [0, 0.1) is 6.92 Å². The van der Waals surface area contributed by atoms with Crippen LogP contribution in [0.25, 0.3) is 0 Å². The van der Waals surface area contributed by atoms with Crippen molar-refractivity contribution in [2.45, 2.75) is 59.4 Å². The molecule has 0 saturated heterocycles. The number of guanidine groups is 1. The van der Waals surface area contributed by atoms with Crippen LogP contribution in [-0.2, 0) is 13.0 Å². The van der Waals surface area contributed by atoms with Crippen molar-refractivity contribution < 1.29 is 4.52 Å². The Bertz CT molecular complexity index is 666. The number of aliphatic imine (C=N–C) groups is 1. The summed E-state index contributed by atoms with van der Waals surface area (Å²) in [6.07, 6.45) is 3.04. The monoisotopic (exact) mass is 491 g/mol. The SMILES string of the molecule is CCNC(=NCc1cc(C(CC)CC)no1)NCCc1csc(C)n1.I. The minimum absolute atomic E-state index is 0. The number of hydrogen-bond donors (Lipinski definition) is 2. The predicted molar refractivity (Wildman–Crippen MR) is 119 cm³/mol. The molecule has 0 fully saturated rings. The number of rotatable bonds is 9. The molecule has 2 N–H and O–H groups in total. The van der Waals surface area contributed by atoms with Gasteiger partial charge in [-0.15, -0.1) is 35.3 Å². The van der Waals surface area contributed by atoms with Gasteiger partial charge in [0.1, 0.15) is 6.54 Å². The van der Waals surface area contributed by atoms with Crippen molar-refractivity contribution in [2.24, 2.45) is 4.99 Å². The van der Waals surface area contributed by atoms with E-state index in [1.807, 2.05) is 13.0 Å². The van der Waals surface area contributed by atoms with Crippen LogP contribution in [0.5, 0.6) is 0 Å². The fraction of sp³-hybridized carbons (Fsp3) is 0.611. The third kappa shape index (κ3) is 7.22. The van der Waals surface area contributed by atoms with Crippen molar-refractivity contribution in [3.63, 3.8) is 0 Å². The number of nitrogens with zero attached hydrogens (tertiary/aromatic N) is 3. The normalized spacial score (nSPS) is 11.5. The standard InChI is InChI=1S/C18H29N5OS.HI/c1-5-14(6-2)17-10-16(24-23-17)11-21-18(19-7-3)20-9-8-15-12-25-13(4)22-15;/h10,12,14H,5-9,11H2,1-4H3,(H2,19,20,21);1H. The summed E-state index contributed by atoms with van der Waals surface area (Å²) in [4.78, 5) is 9.06. The second-order valence-corrected chi connectivity index (χ2v) is 7.02. The molecule has 0 radical (unpaired) electrons. The Balaban J connectivity index is 0.00000338. The summed E-state index contributed by atoms with van der Waals surface area (Å²) in [7, 11) is 0. The summed E-state index contributed by atoms with van der Waals surface area (Å²) in [5, 5.41) is 14.0. The summed E-state index contributed by atoms with van der Waals surface area (Å²) in [6, 6.07) is 2.03. The van der Waals surface area contributed by atoms with Gasteiger partial charge in [0, 0.05) is 36.9 Å². The molecule has 0 spiro atoms. The van der Waals surface area contributed by atoms with Gasteiger partial charge in [0.05, 0.1) is 16.4 Å². The van der Waals surface area contributed by atoms with E-state index in [1.54, 1.807) is 11.3 Å². The first kappa shape index (κ1) is 22.9. The molecule has 146 valence electrons. The topological polar surface area (TPSA) is 75.3 Å². The Morgan fingerprint density at radius 2 is 2.04 bits per heavy atom. The van der Waals surface area contributed by atoms with Crippen LogP contribution in [0.2, 0.25) is 0 Å². The van der Waals surface area contributed by atoms with Crippen molar-refractivity contribution in [3.05, 3.63) is 33.6 Å². The lowest BCUT2D eigenvalue weighted by Gasteiger charge is -2.10. The highest BCUT2D eigenvalue weighted by atomic mass is 127. The minimum atomic E-state index is 0. The zero-order chi connectivity index (χ0) is 18.1. The Labute approximate surface area is 177 Å². The molecule has 2 rings (SSSR count). The highest BCUT2D eigenvalue weighted by Crippen LogP contribution is 2.22. The molecule has 0 saturated carbocycles. The Kier molecular flexibility index (Phi) is 10.8. The zero-order valence-electron chi connectivity index (χ0n) is 16.0. The fourth-order valence-corrected chi connectivity index (χ4v) is 3.28. The van der Waals surface area contributed by atoms with E-state index in [-0.39, 0.29) is 24.0 Å². The number of aryl methyl sites for hydroxylation is 1. The molecule has 2 heterocycles. The van der Waals surface area contributed by atoms with Gasteiger partial charge in [-0.1, -0.05) is 19.0 Å². The van der Waals surface area contributed by atoms with E-state index in [0.717, 1.165) is 60.5 Å². The van der Waals surface area contributed by atoms with Gasteiger partial charge in [0.15, 0.2) is 11.7 Å². The van der Waals surface area contributed by atoms with Crippen molar-refractivity contribution in [1.29, 1.82) is 0 Å². The van der Waals surface area contributed by atoms with Crippen LogP contribution < -0.4 is 10.6 Å². The summed E-state index contributed by atoms with van der Waals surface area (Å²) < 4.78 is 5.43. The number of aromatic nitrogens is 2. The smallest absolute Gasteiger partial charge is 0.191 e. The minimum Gasteiger partial charge on any atom is -0.359 e. The van der Waals surface area contributed by atoms with Gasteiger partial charge in [-0.25, -0.2) is 9.98 Å². The van der Waals surface area contributed by atoms with Gasteiger partial charge in [-0.3, -0.25) is 0 Å². The van der Waals surface area contributed by atoms with Gasteiger partial charge in [-0.2, -0.15) is 0 Å². The van der Waals surface area contributed by atoms with E-state index in [0.29, 0.717) is 12.5 Å². The molecule has 0 atom stereocenters. The molecule has 6 nitrogen and oxygen atoms in total. The molecule has 2 aromatic rings. The molecule has 0 aliphatic carbocycles. The second-order valence-electron chi connectivity index (χ2n) is 5.96. The van der Waals surface area contributed by atoms with Crippen molar-refractivity contribution in [1.82, 2.24) is 20.8 Å². The predicted octanol–water partition coefficient (Wildman–Crippen LogP) is 4.26. The third-order valence-corrected chi connectivity index (χ3v) is 4.88. The maximum atomic E-state index is 5.43. The Morgan fingerprint density at radius 3 is 2.65 bits per heavy atom. The third-order valence-electron chi connectivity index (χ3n) is 4.06. The lowest BCUT2D eigenvalue weighted by Crippen LogP contribution is -2.38. The Hall–Kier alpha value is -1.16. The van der Waals surface area contributed by atoms with Gasteiger partial charge in [0.2, 0.25) is 0 Å². The molecule has 0 bridgehead atoms. The number of halogens is 1. The van der Waals surface area contributed by atoms with Gasteiger partial charge in [-0.05, 0) is 26.7 Å². The summed E-state index contributed by atoms with van der Waals surface area (Å²) in [5.74, 6) is 2.05. The highest BCUT2D eigenvalue weighted by Gasteiger charge is 2.12. The molecule has 0 aliphatic heterocycles. The quantitative estimate of drug-likeness (QED) is 0.312. The molecular formula is C18H30IN5OS. The molecule has 0 amide bonds. The molecule has 26 heavy (non-hydrogen) atoms. The molecule has 8 heteroatoms. The van der Waals surface area contributed by atoms with Gasteiger partial charge in [0.25, 0.3) is 0 Å². The number of hydrogen-bond acceptors (Lipinski definition) is 5. The molecule has 0 aromatic carbocycles. The lowest BCUT2D eigenvalue weighted by atomic mass is 9.99. The maximum Gasteiger partial charge on any atom is 0.191 e. The molecule has 0 unspecified atom stereocenters. The zero-order valence-corrected chi connectivity index (χ0v) is 19.2. The molecule has 2 aromatic heterocycles. The second kappa shape index (κ2) is 12.3. The van der Waals surface area contributed by atoms with E-state index in [4.69, 9.17) is 4.52 Å². The average molecular weight is 491 g/mol. The first-order valence-electron chi connectivity index (χ1n) is 9.04. The fourth-order valence-electron chi connectivity index (χ4n) is 2.63. The van der Waals surface area contributed by atoms with Crippen LogP contribution in [0.15, 0.2) is 21.0 Å². The first-order chi connectivity index (χ1) is 12.2. The summed E-state index contributed by atoms with van der Waals surface area (Å²) in [5.41, 5.74) is 2.16. The van der Waals surface area contributed by atoms with Gasteiger partial charge < -0.3 is 15.2 Å². The van der Waals surface area contributed by atoms with Gasteiger partial charge >= 0.3 is 0 Å². The summed E-state index contributed by atoms with van der Waals surface area (Å²) in [6.45, 7) is 10.5. The van der Waals surface area contributed by atoms with Crippen molar-refractivity contribution >= 4 is 41.3 Å². The number of nitrogens with one attached hydrogen (secondary N) is 2. The summed E-state index contributed by atoms with van der Waals surface area (Å²) >= 11 is 1.69. The van der Waals surface area contributed by atoms with Crippen LogP contribution in [0.1, 0.15) is 61.7 Å². The van der Waals surface area contributed by atoms with Crippen molar-refractivity contribution in [2.75, 3.05) is 13.1 Å². The average Bonchev–Trinajstić information content (AvgIpc) is 3.23. The van der Waals surface area contributed by atoms with Crippen LogP contribution in [0.3, 0.4) is 0 Å². The highest BCUT2D eigenvalue weighted by molar-refractivity contribution is 14.0. The van der Waals surface area contributed by atoms with Crippen molar-refractivity contribution in [3.8, 4) is 0 Å². The van der Waals surface area contributed by atoms with E-state index in [2.05, 4.69) is 51.9 Å². The van der Waals surface area contributed by atoms with Crippen LogP contribution in [-0.4, -0.2) is 29.2 Å². The lowest BCUT2D eigenvalue weighted by molar-refractivity contribution is 0.372. The largest absolute Gasteiger partial charge is 0.359 e. The molecule has 0 aliphatic rings. The maximum absolute atomic E-state index is 5.43. The van der Waals surface area contributed by atoms with Crippen LogP contribution in [0.4, 0.5) is 0 Å². The number of thiazole rings is 1.